The van der Waals surface area contributed by atoms with Crippen molar-refractivity contribution in [3.63, 3.8) is 0 Å². The lowest BCUT2D eigenvalue weighted by Gasteiger charge is -2.28. The zero-order valence-electron chi connectivity index (χ0n) is 7.57. The van der Waals surface area contributed by atoms with Crippen LogP contribution in [0.4, 0.5) is 0 Å². The van der Waals surface area contributed by atoms with Gasteiger partial charge in [-0.25, -0.2) is 0 Å². The van der Waals surface area contributed by atoms with Gasteiger partial charge in [0.05, 0.1) is 5.66 Å². The molecule has 0 atom stereocenters. The molecule has 2 amide bonds. The van der Waals surface area contributed by atoms with E-state index in [1.807, 2.05) is 0 Å². The number of hydrogen-bond acceptors (Lipinski definition) is 3. The first-order valence-electron chi connectivity index (χ1n) is 3.63. The third-order valence-corrected chi connectivity index (χ3v) is 1.27. The predicted octanol–water partition coefficient (Wildman–Crippen LogP) is 0.242. The van der Waals surface area contributed by atoms with E-state index in [9.17, 15) is 9.59 Å². The van der Waals surface area contributed by atoms with Crippen molar-refractivity contribution in [1.29, 1.82) is 0 Å². The lowest BCUT2D eigenvalue weighted by Crippen LogP contribution is -2.52. The maximum Gasteiger partial charge on any atom is 0.254 e. The Labute approximate surface area is 72.0 Å². The van der Waals surface area contributed by atoms with E-state index in [1.54, 1.807) is 26.8 Å². The summed E-state index contributed by atoms with van der Waals surface area (Å²) in [5, 5.41) is 0. The van der Waals surface area contributed by atoms with Crippen LogP contribution in [-0.4, -0.2) is 22.9 Å². The van der Waals surface area contributed by atoms with Crippen molar-refractivity contribution in [2.75, 3.05) is 0 Å². The van der Waals surface area contributed by atoms with E-state index >= 15 is 0 Å². The molecule has 0 saturated heterocycles. The molecule has 0 aliphatic heterocycles. The van der Waals surface area contributed by atoms with Crippen LogP contribution in [0.2, 0.25) is 0 Å². The minimum absolute atomic E-state index is 0.403. The Bertz CT molecular complexity index is 204. The average molecular weight is 170 g/mol. The van der Waals surface area contributed by atoms with Gasteiger partial charge in [0.2, 0.25) is 6.41 Å². The molecule has 68 valence electrons. The highest BCUT2D eigenvalue weighted by Gasteiger charge is 2.24. The van der Waals surface area contributed by atoms with Crippen molar-refractivity contribution in [1.82, 2.24) is 4.90 Å². The van der Waals surface area contributed by atoms with Gasteiger partial charge in [-0.3, -0.25) is 14.5 Å². The van der Waals surface area contributed by atoms with E-state index in [-0.39, 0.29) is 0 Å². The largest absolute Gasteiger partial charge is 0.309 e. The lowest BCUT2D eigenvalue weighted by atomic mass is 10.2. The Kier molecular flexibility index (Phi) is 3.63. The summed E-state index contributed by atoms with van der Waals surface area (Å²) in [7, 11) is 0. The van der Waals surface area contributed by atoms with E-state index < -0.39 is 11.6 Å². The molecule has 0 aromatic heterocycles. The fraction of sp³-hybridized carbons (Fsp3) is 0.500. The Morgan fingerprint density at radius 3 is 2.25 bits per heavy atom. The van der Waals surface area contributed by atoms with Gasteiger partial charge in [0.25, 0.3) is 5.91 Å². The van der Waals surface area contributed by atoms with E-state index in [1.165, 1.54) is 6.08 Å². The van der Waals surface area contributed by atoms with E-state index in [0.29, 0.717) is 6.41 Å². The van der Waals surface area contributed by atoms with Crippen LogP contribution in [0.1, 0.15) is 20.8 Å². The molecule has 0 radical (unpaired) electrons. The highest BCUT2D eigenvalue weighted by atomic mass is 16.2. The molecule has 0 saturated carbocycles. The zero-order valence-corrected chi connectivity index (χ0v) is 7.57. The molecule has 0 aliphatic carbocycles. The molecule has 0 heterocycles. The van der Waals surface area contributed by atoms with Crippen molar-refractivity contribution in [3.05, 3.63) is 12.2 Å². The maximum absolute atomic E-state index is 11.1. The molecule has 0 spiro atoms. The van der Waals surface area contributed by atoms with Gasteiger partial charge in [0, 0.05) is 0 Å². The zero-order chi connectivity index (χ0) is 9.78. The van der Waals surface area contributed by atoms with E-state index in [0.717, 1.165) is 4.90 Å². The second-order valence-corrected chi connectivity index (χ2v) is 2.97. The lowest BCUT2D eigenvalue weighted by molar-refractivity contribution is -0.139. The summed E-state index contributed by atoms with van der Waals surface area (Å²) < 4.78 is 0. The second kappa shape index (κ2) is 4.01. The van der Waals surface area contributed by atoms with Crippen LogP contribution in [0.3, 0.4) is 0 Å². The number of rotatable bonds is 3. The Balaban J connectivity index is 4.57. The third-order valence-electron chi connectivity index (χ3n) is 1.27. The van der Waals surface area contributed by atoms with Crippen molar-refractivity contribution in [3.8, 4) is 0 Å². The standard InChI is InChI=1S/C8H14N2O2/c1-4-5-7(12)10(6-11)8(2,3)9/h4-6H,9H2,1-3H3/b5-4-. The Morgan fingerprint density at radius 1 is 1.50 bits per heavy atom. The number of hydrogen-bond donors (Lipinski definition) is 1. The SMILES string of the molecule is C/C=C\C(=O)N(C=O)C(C)(C)N. The Hall–Kier alpha value is -1.16. The smallest absolute Gasteiger partial charge is 0.254 e. The first-order chi connectivity index (χ1) is 5.43. The predicted molar refractivity (Wildman–Crippen MR) is 46.0 cm³/mol. The minimum Gasteiger partial charge on any atom is -0.309 e. The van der Waals surface area contributed by atoms with E-state index in [2.05, 4.69) is 0 Å². The molecule has 4 heteroatoms. The van der Waals surface area contributed by atoms with Gasteiger partial charge in [-0.2, -0.15) is 0 Å². The maximum atomic E-state index is 11.1. The quantitative estimate of drug-likeness (QED) is 0.375. The molecular weight excluding hydrogens is 156 g/mol. The van der Waals surface area contributed by atoms with Crippen LogP contribution in [0.5, 0.6) is 0 Å². The number of allylic oxidation sites excluding steroid dienone is 1. The number of imide groups is 1. The highest BCUT2D eigenvalue weighted by Crippen LogP contribution is 2.04. The summed E-state index contributed by atoms with van der Waals surface area (Å²) in [4.78, 5) is 22.5. The summed E-state index contributed by atoms with van der Waals surface area (Å²) in [6.07, 6.45) is 3.29. The van der Waals surface area contributed by atoms with Crippen LogP contribution in [-0.2, 0) is 9.59 Å². The molecule has 0 fully saturated rings. The fourth-order valence-corrected chi connectivity index (χ4v) is 0.695. The molecule has 0 bridgehead atoms. The topological polar surface area (TPSA) is 63.4 Å². The Morgan fingerprint density at radius 2 is 2.00 bits per heavy atom. The molecular formula is C8H14N2O2. The van der Waals surface area contributed by atoms with Crippen LogP contribution >= 0.6 is 0 Å². The van der Waals surface area contributed by atoms with Crippen molar-refractivity contribution < 1.29 is 9.59 Å². The minimum atomic E-state index is -0.946. The monoisotopic (exact) mass is 170 g/mol. The highest BCUT2D eigenvalue weighted by molar-refractivity contribution is 5.95. The van der Waals surface area contributed by atoms with Gasteiger partial charge in [0.1, 0.15) is 0 Å². The number of nitrogens with two attached hydrogens (primary N) is 1. The van der Waals surface area contributed by atoms with Crippen LogP contribution < -0.4 is 5.73 Å². The summed E-state index contributed by atoms with van der Waals surface area (Å²) in [6, 6.07) is 0. The summed E-state index contributed by atoms with van der Waals surface area (Å²) >= 11 is 0. The van der Waals surface area contributed by atoms with Crippen LogP contribution in [0.25, 0.3) is 0 Å². The summed E-state index contributed by atoms with van der Waals surface area (Å²) in [6.45, 7) is 4.87. The van der Waals surface area contributed by atoms with Gasteiger partial charge < -0.3 is 5.73 Å². The second-order valence-electron chi connectivity index (χ2n) is 2.97. The third kappa shape index (κ3) is 2.84. The van der Waals surface area contributed by atoms with Crippen molar-refractivity contribution >= 4 is 12.3 Å². The van der Waals surface area contributed by atoms with Crippen LogP contribution in [0, 0.1) is 0 Å². The van der Waals surface area contributed by atoms with E-state index in [4.69, 9.17) is 5.73 Å². The number of amides is 2. The summed E-state index contributed by atoms with van der Waals surface area (Å²) in [5.41, 5.74) is 4.62. The molecule has 0 unspecified atom stereocenters. The van der Waals surface area contributed by atoms with Crippen molar-refractivity contribution in [2.24, 2.45) is 5.73 Å². The number of nitrogens with zero attached hydrogens (tertiary/aromatic N) is 1. The first-order valence-corrected chi connectivity index (χ1v) is 3.63. The summed E-state index contributed by atoms with van der Waals surface area (Å²) in [5.74, 6) is -0.403. The van der Waals surface area contributed by atoms with Gasteiger partial charge in [0.15, 0.2) is 0 Å². The van der Waals surface area contributed by atoms with Gasteiger partial charge in [-0.15, -0.1) is 0 Å². The number of carbonyl (C=O) groups is 2. The van der Waals surface area contributed by atoms with Crippen LogP contribution in [0.15, 0.2) is 12.2 Å². The normalized spacial score (nSPS) is 11.7. The average Bonchev–Trinajstić information content (AvgIpc) is 1.85. The molecule has 0 aromatic rings. The van der Waals surface area contributed by atoms with Crippen molar-refractivity contribution in [2.45, 2.75) is 26.4 Å². The van der Waals surface area contributed by atoms with Gasteiger partial charge in [-0.05, 0) is 26.8 Å². The number of carbonyl (C=O) groups excluding carboxylic acids is 2. The fourth-order valence-electron chi connectivity index (χ4n) is 0.695. The molecule has 12 heavy (non-hydrogen) atoms. The van der Waals surface area contributed by atoms with Gasteiger partial charge >= 0.3 is 0 Å². The molecule has 2 N–H and O–H groups in total. The first kappa shape index (κ1) is 10.8. The molecule has 0 rings (SSSR count). The molecule has 0 aliphatic rings. The molecule has 4 nitrogen and oxygen atoms in total. The van der Waals surface area contributed by atoms with Gasteiger partial charge in [-0.1, -0.05) is 6.08 Å². The molecule has 0 aromatic carbocycles.